The summed E-state index contributed by atoms with van der Waals surface area (Å²) in [5.41, 5.74) is 0.537. The number of anilines is 1. The minimum Gasteiger partial charge on any atom is -0.438 e. The van der Waals surface area contributed by atoms with Gasteiger partial charge < -0.3 is 4.42 Å². The molecule has 0 radical (unpaired) electrons. The number of amides is 1. The lowest BCUT2D eigenvalue weighted by Gasteiger charge is -2.05. The number of thiazole rings is 1. The number of carbonyl (C=O) groups excluding carboxylic acids is 1. The zero-order chi connectivity index (χ0) is 18.8. The molecule has 0 saturated heterocycles. The molecule has 0 aliphatic carbocycles. The average Bonchev–Trinajstić information content (AvgIpc) is 3.13. The molecule has 134 valence electrons. The molecule has 27 heavy (non-hydrogen) atoms. The van der Waals surface area contributed by atoms with Gasteiger partial charge in [-0.15, -0.1) is 11.3 Å². The molecule has 0 aliphatic rings. The van der Waals surface area contributed by atoms with Crippen LogP contribution in [0.3, 0.4) is 0 Å². The fraction of sp³-hybridized carbons (Fsp3) is 0. The molecule has 2 aromatic carbocycles. The van der Waals surface area contributed by atoms with E-state index in [1.807, 2.05) is 0 Å². The number of aromatic nitrogens is 1. The van der Waals surface area contributed by atoms with Gasteiger partial charge in [-0.05, 0) is 24.3 Å². The molecule has 5 nitrogen and oxygen atoms in total. The minimum absolute atomic E-state index is 0.00479. The van der Waals surface area contributed by atoms with Crippen molar-refractivity contribution in [3.63, 3.8) is 0 Å². The maximum absolute atomic E-state index is 13.5. The van der Waals surface area contributed by atoms with Gasteiger partial charge in [0.15, 0.2) is 5.13 Å². The van der Waals surface area contributed by atoms with E-state index in [4.69, 9.17) is 4.42 Å². The van der Waals surface area contributed by atoms with Gasteiger partial charge in [0.05, 0.1) is 5.69 Å². The highest BCUT2D eigenvalue weighted by molar-refractivity contribution is 7.13. The predicted molar refractivity (Wildman–Crippen MR) is 97.9 cm³/mol. The predicted octanol–water partition coefficient (Wildman–Crippen LogP) is 4.65. The summed E-state index contributed by atoms with van der Waals surface area (Å²) in [5, 5.41) is 5.47. The van der Waals surface area contributed by atoms with Gasteiger partial charge in [0.25, 0.3) is 5.91 Å². The van der Waals surface area contributed by atoms with E-state index in [0.717, 1.165) is 18.2 Å². The lowest BCUT2D eigenvalue weighted by Crippen LogP contribution is -2.21. The molecule has 4 rings (SSSR count). The number of benzene rings is 2. The molecule has 2 aromatic heterocycles. The van der Waals surface area contributed by atoms with Crippen LogP contribution < -0.4 is 10.9 Å². The van der Waals surface area contributed by atoms with E-state index in [1.54, 1.807) is 41.9 Å². The van der Waals surface area contributed by atoms with Gasteiger partial charge >= 0.3 is 0 Å². The number of nitrogens with one attached hydrogen (secondary N) is 1. The van der Waals surface area contributed by atoms with Gasteiger partial charge in [0, 0.05) is 23.0 Å². The third kappa shape index (κ3) is 3.75. The maximum Gasteiger partial charge on any atom is 0.262 e. The summed E-state index contributed by atoms with van der Waals surface area (Å²) in [6.07, 6.45) is 1.56. The molecule has 1 N–H and O–H groups in total. The van der Waals surface area contributed by atoms with Crippen molar-refractivity contribution in [2.45, 2.75) is 0 Å². The monoisotopic (exact) mass is 383 g/mol. The molecule has 4 aromatic rings. The molecule has 0 unspecified atom stereocenters. The van der Waals surface area contributed by atoms with Gasteiger partial charge in [0.1, 0.15) is 22.8 Å². The van der Waals surface area contributed by atoms with Crippen molar-refractivity contribution >= 4 is 39.0 Å². The molecule has 1 amide bonds. The third-order valence-electron chi connectivity index (χ3n) is 3.63. The van der Waals surface area contributed by atoms with E-state index in [0.29, 0.717) is 16.1 Å². The van der Waals surface area contributed by atoms with Crippen LogP contribution in [-0.2, 0) is 0 Å². The van der Waals surface area contributed by atoms with E-state index in [-0.39, 0.29) is 16.8 Å². The summed E-state index contributed by atoms with van der Waals surface area (Å²) in [5.74, 6) is -2.04. The number of carbonyl (C=O) groups is 1. The highest BCUT2D eigenvalue weighted by Crippen LogP contribution is 2.18. The quantitative estimate of drug-likeness (QED) is 0.560. The molecule has 8 heteroatoms. The zero-order valence-electron chi connectivity index (χ0n) is 13.6. The second kappa shape index (κ2) is 7.08. The fourth-order valence-electron chi connectivity index (χ4n) is 2.49. The summed E-state index contributed by atoms with van der Waals surface area (Å²) < 4.78 is 32.7. The maximum atomic E-state index is 13.5. The molecule has 0 fully saturated rings. The average molecular weight is 383 g/mol. The van der Waals surface area contributed by atoms with E-state index >= 15 is 0 Å². The Morgan fingerprint density at radius 3 is 2.63 bits per heavy atom. The number of hydrogen-bond acceptors (Lipinski definition) is 5. The Hall–Kier alpha value is -3.39. The zero-order valence-corrected chi connectivity index (χ0v) is 14.5. The standard InChI is InChI=1S/C19H11F2N3O2S/c20-12-8-13(21)10-14(9-12)23-18-15(17(25)24-19-22-5-6-27-19)7-11-3-1-2-4-16(11)26-18/h1-10H,(H,22,24,25). The highest BCUT2D eigenvalue weighted by Gasteiger charge is 2.14. The number of fused-ring (bicyclic) bond motifs is 1. The molecule has 2 heterocycles. The number of nitrogens with zero attached hydrogens (tertiary/aromatic N) is 2. The number of rotatable bonds is 3. The van der Waals surface area contributed by atoms with E-state index in [9.17, 15) is 13.6 Å². The summed E-state index contributed by atoms with van der Waals surface area (Å²) >= 11 is 1.26. The molecular formula is C19H11F2N3O2S. The fourth-order valence-corrected chi connectivity index (χ4v) is 3.01. The first kappa shape index (κ1) is 17.0. The largest absolute Gasteiger partial charge is 0.438 e. The molecule has 0 saturated carbocycles. The van der Waals surface area contributed by atoms with Crippen molar-refractivity contribution < 1.29 is 18.0 Å². The smallest absolute Gasteiger partial charge is 0.262 e. The number of hydrogen-bond donors (Lipinski definition) is 1. The first-order valence-electron chi connectivity index (χ1n) is 7.83. The van der Waals surface area contributed by atoms with Crippen LogP contribution >= 0.6 is 11.3 Å². The van der Waals surface area contributed by atoms with E-state index < -0.39 is 17.5 Å². The van der Waals surface area contributed by atoms with E-state index in [2.05, 4.69) is 15.3 Å². The van der Waals surface area contributed by atoms with Crippen molar-refractivity contribution in [2.75, 3.05) is 5.32 Å². The Morgan fingerprint density at radius 1 is 1.11 bits per heavy atom. The second-order valence-electron chi connectivity index (χ2n) is 5.53. The molecule has 0 aliphatic heterocycles. The van der Waals surface area contributed by atoms with Crippen LogP contribution in [0.5, 0.6) is 0 Å². The SMILES string of the molecule is O=C(Nc1nccs1)c1cc2ccccc2oc1=Nc1cc(F)cc(F)c1. The summed E-state index contributed by atoms with van der Waals surface area (Å²) in [6.45, 7) is 0. The van der Waals surface area contributed by atoms with Gasteiger partial charge in [-0.3, -0.25) is 10.1 Å². The number of halogens is 2. The lowest BCUT2D eigenvalue weighted by molar-refractivity contribution is 0.102. The van der Waals surface area contributed by atoms with Crippen molar-refractivity contribution in [3.8, 4) is 0 Å². The van der Waals surface area contributed by atoms with E-state index in [1.165, 1.54) is 11.3 Å². The summed E-state index contributed by atoms with van der Waals surface area (Å²) in [7, 11) is 0. The lowest BCUT2D eigenvalue weighted by atomic mass is 10.2. The van der Waals surface area contributed by atoms with Crippen molar-refractivity contribution in [3.05, 3.63) is 82.9 Å². The summed E-state index contributed by atoms with van der Waals surface area (Å²) in [4.78, 5) is 20.8. The van der Waals surface area contributed by atoms with Crippen LogP contribution in [0.2, 0.25) is 0 Å². The van der Waals surface area contributed by atoms with Crippen LogP contribution in [-0.4, -0.2) is 10.9 Å². The normalized spacial score (nSPS) is 11.7. The van der Waals surface area contributed by atoms with Gasteiger partial charge in [-0.2, -0.15) is 0 Å². The van der Waals surface area contributed by atoms with Crippen molar-refractivity contribution in [1.82, 2.24) is 4.98 Å². The van der Waals surface area contributed by atoms with Gasteiger partial charge in [0.2, 0.25) is 5.55 Å². The van der Waals surface area contributed by atoms with Crippen LogP contribution in [0.4, 0.5) is 19.6 Å². The van der Waals surface area contributed by atoms with Gasteiger partial charge in [-0.1, -0.05) is 18.2 Å². The second-order valence-corrected chi connectivity index (χ2v) is 6.43. The molecule has 0 atom stereocenters. The third-order valence-corrected chi connectivity index (χ3v) is 4.32. The van der Waals surface area contributed by atoms with Crippen molar-refractivity contribution in [2.24, 2.45) is 4.99 Å². The topological polar surface area (TPSA) is 67.5 Å². The number of para-hydroxylation sites is 1. The summed E-state index contributed by atoms with van der Waals surface area (Å²) in [6, 6.07) is 11.5. The van der Waals surface area contributed by atoms with Crippen LogP contribution in [0.15, 0.2) is 69.5 Å². The Bertz CT molecular complexity index is 1180. The highest BCUT2D eigenvalue weighted by atomic mass is 32.1. The van der Waals surface area contributed by atoms with Crippen LogP contribution in [0.1, 0.15) is 10.4 Å². The van der Waals surface area contributed by atoms with Crippen molar-refractivity contribution in [1.29, 1.82) is 0 Å². The van der Waals surface area contributed by atoms with Crippen LogP contribution in [0, 0.1) is 11.6 Å². The minimum atomic E-state index is -0.775. The Morgan fingerprint density at radius 2 is 1.89 bits per heavy atom. The first-order valence-corrected chi connectivity index (χ1v) is 8.71. The Labute approximate surface area is 155 Å². The van der Waals surface area contributed by atoms with Crippen LogP contribution in [0.25, 0.3) is 11.0 Å². The molecule has 0 spiro atoms. The molecule has 0 bridgehead atoms. The first-order chi connectivity index (χ1) is 13.1. The Kier molecular flexibility index (Phi) is 4.47. The molecular weight excluding hydrogens is 372 g/mol. The van der Waals surface area contributed by atoms with Gasteiger partial charge in [-0.25, -0.2) is 18.8 Å². The Balaban J connectivity index is 1.89.